The van der Waals surface area contributed by atoms with Crippen molar-refractivity contribution >= 4 is 0 Å². The van der Waals surface area contributed by atoms with Gasteiger partial charge in [0.2, 0.25) is 0 Å². The van der Waals surface area contributed by atoms with E-state index in [1.54, 1.807) is 6.26 Å². The highest BCUT2D eigenvalue weighted by atomic mass is 16.5. The van der Waals surface area contributed by atoms with E-state index in [0.29, 0.717) is 19.8 Å². The molecule has 0 aromatic carbocycles. The number of unbranched alkanes of at least 4 members (excludes halogenated alkanes) is 1. The Morgan fingerprint density at radius 2 is 1.80 bits per heavy atom. The quantitative estimate of drug-likeness (QED) is 0.413. The van der Waals surface area contributed by atoms with Gasteiger partial charge >= 0.3 is 0 Å². The second-order valence-corrected chi connectivity index (χ2v) is 3.39. The van der Waals surface area contributed by atoms with Crippen LogP contribution in [0.15, 0.2) is 0 Å². The van der Waals surface area contributed by atoms with Gasteiger partial charge in [0.05, 0.1) is 19.8 Å². The van der Waals surface area contributed by atoms with E-state index in [0.717, 1.165) is 25.9 Å². The van der Waals surface area contributed by atoms with E-state index in [1.807, 2.05) is 6.92 Å². The third-order valence-corrected chi connectivity index (χ3v) is 1.94. The standard InChI is InChI=1S/C11H21NO3/c1-3-4-6-13-8-9-14-7-5-11(2)15-10-12/h11H,3-9H2,1-2H3. The van der Waals surface area contributed by atoms with E-state index in [2.05, 4.69) is 6.92 Å². The van der Waals surface area contributed by atoms with E-state index >= 15 is 0 Å². The summed E-state index contributed by atoms with van der Waals surface area (Å²) < 4.78 is 15.3. The van der Waals surface area contributed by atoms with Crippen molar-refractivity contribution in [1.29, 1.82) is 5.26 Å². The highest BCUT2D eigenvalue weighted by molar-refractivity contribution is 4.56. The third kappa shape index (κ3) is 11.1. The van der Waals surface area contributed by atoms with E-state index < -0.39 is 0 Å². The summed E-state index contributed by atoms with van der Waals surface area (Å²) in [5.41, 5.74) is 0. The highest BCUT2D eigenvalue weighted by Gasteiger charge is 2.00. The summed E-state index contributed by atoms with van der Waals surface area (Å²) in [6, 6.07) is 0. The Hall–Kier alpha value is -0.790. The van der Waals surface area contributed by atoms with Crippen LogP contribution in [0.25, 0.3) is 0 Å². The van der Waals surface area contributed by atoms with Crippen molar-refractivity contribution in [2.45, 2.75) is 39.2 Å². The first kappa shape index (κ1) is 14.2. The summed E-state index contributed by atoms with van der Waals surface area (Å²) >= 11 is 0. The number of rotatable bonds is 10. The molecule has 0 saturated carbocycles. The second-order valence-electron chi connectivity index (χ2n) is 3.39. The van der Waals surface area contributed by atoms with Crippen molar-refractivity contribution in [2.75, 3.05) is 26.4 Å². The molecule has 0 aromatic rings. The Labute approximate surface area is 92.1 Å². The predicted octanol–water partition coefficient (Wildman–Crippen LogP) is 2.10. The van der Waals surface area contributed by atoms with Gasteiger partial charge < -0.3 is 14.2 Å². The Kier molecular flexibility index (Phi) is 10.7. The lowest BCUT2D eigenvalue weighted by Crippen LogP contribution is -2.11. The molecule has 0 aromatic heterocycles. The van der Waals surface area contributed by atoms with E-state index in [1.165, 1.54) is 0 Å². The fraction of sp³-hybridized carbons (Fsp3) is 0.909. The van der Waals surface area contributed by atoms with Crippen molar-refractivity contribution in [3.05, 3.63) is 0 Å². The SMILES string of the molecule is CCCCOCCOCCC(C)OC#N. The smallest absolute Gasteiger partial charge is 0.286 e. The summed E-state index contributed by atoms with van der Waals surface area (Å²) in [7, 11) is 0. The largest absolute Gasteiger partial charge is 0.424 e. The molecule has 0 heterocycles. The van der Waals surface area contributed by atoms with Gasteiger partial charge in [-0.15, -0.1) is 0 Å². The molecule has 0 aliphatic rings. The topological polar surface area (TPSA) is 51.5 Å². The molecule has 0 amide bonds. The first-order chi connectivity index (χ1) is 7.31. The molecule has 15 heavy (non-hydrogen) atoms. The van der Waals surface area contributed by atoms with E-state index in [4.69, 9.17) is 19.5 Å². The zero-order valence-electron chi connectivity index (χ0n) is 9.70. The van der Waals surface area contributed by atoms with Crippen LogP contribution in [0.1, 0.15) is 33.1 Å². The Balaban J connectivity index is 3.02. The number of nitriles is 1. The van der Waals surface area contributed by atoms with E-state index in [9.17, 15) is 0 Å². The Morgan fingerprint density at radius 1 is 1.13 bits per heavy atom. The minimum Gasteiger partial charge on any atom is -0.424 e. The summed E-state index contributed by atoms with van der Waals surface area (Å²) in [5, 5.41) is 8.23. The summed E-state index contributed by atoms with van der Waals surface area (Å²) in [6.45, 7) is 6.67. The van der Waals surface area contributed by atoms with E-state index in [-0.39, 0.29) is 6.10 Å². The molecular weight excluding hydrogens is 194 g/mol. The molecule has 88 valence electrons. The summed E-state index contributed by atoms with van der Waals surface area (Å²) in [6.07, 6.45) is 4.60. The molecule has 4 nitrogen and oxygen atoms in total. The molecule has 0 saturated heterocycles. The average Bonchev–Trinajstić information content (AvgIpc) is 2.22. The highest BCUT2D eigenvalue weighted by Crippen LogP contribution is 1.96. The monoisotopic (exact) mass is 215 g/mol. The number of hydrogen-bond acceptors (Lipinski definition) is 4. The van der Waals surface area contributed by atoms with Crippen LogP contribution < -0.4 is 0 Å². The van der Waals surface area contributed by atoms with Gasteiger partial charge in [-0.1, -0.05) is 13.3 Å². The molecule has 0 fully saturated rings. The van der Waals surface area contributed by atoms with Gasteiger partial charge in [0.1, 0.15) is 6.10 Å². The summed E-state index contributed by atoms with van der Waals surface area (Å²) in [4.78, 5) is 0. The first-order valence-electron chi connectivity index (χ1n) is 5.51. The molecule has 1 unspecified atom stereocenters. The van der Waals surface area contributed by atoms with Gasteiger partial charge in [-0.05, 0) is 13.3 Å². The summed E-state index contributed by atoms with van der Waals surface area (Å²) in [5.74, 6) is 0. The Morgan fingerprint density at radius 3 is 2.40 bits per heavy atom. The molecule has 0 rings (SSSR count). The van der Waals surface area contributed by atoms with Gasteiger partial charge in [0.25, 0.3) is 6.26 Å². The molecular formula is C11H21NO3. The lowest BCUT2D eigenvalue weighted by Gasteiger charge is -2.08. The molecule has 0 spiro atoms. The van der Waals surface area contributed by atoms with Crippen molar-refractivity contribution in [1.82, 2.24) is 0 Å². The van der Waals surface area contributed by atoms with Crippen molar-refractivity contribution in [3.8, 4) is 6.26 Å². The van der Waals surface area contributed by atoms with Crippen molar-refractivity contribution in [3.63, 3.8) is 0 Å². The predicted molar refractivity (Wildman–Crippen MR) is 57.3 cm³/mol. The molecule has 0 bridgehead atoms. The normalized spacial score (nSPS) is 12.1. The molecule has 1 atom stereocenters. The molecule has 0 radical (unpaired) electrons. The second kappa shape index (κ2) is 11.3. The Bertz CT molecular complexity index is 168. The van der Waals surface area contributed by atoms with Crippen LogP contribution in [0.3, 0.4) is 0 Å². The minimum atomic E-state index is -0.0593. The van der Waals surface area contributed by atoms with Crippen LogP contribution in [0, 0.1) is 11.5 Å². The van der Waals surface area contributed by atoms with Crippen LogP contribution in [0.5, 0.6) is 0 Å². The maximum absolute atomic E-state index is 8.23. The fourth-order valence-corrected chi connectivity index (χ4v) is 0.967. The number of hydrogen-bond donors (Lipinski definition) is 0. The van der Waals surface area contributed by atoms with Crippen LogP contribution in [-0.2, 0) is 14.2 Å². The zero-order valence-corrected chi connectivity index (χ0v) is 9.70. The van der Waals surface area contributed by atoms with Crippen LogP contribution in [0.4, 0.5) is 0 Å². The average molecular weight is 215 g/mol. The fourth-order valence-electron chi connectivity index (χ4n) is 0.967. The maximum atomic E-state index is 8.23. The third-order valence-electron chi connectivity index (χ3n) is 1.94. The lowest BCUT2D eigenvalue weighted by molar-refractivity contribution is 0.0333. The van der Waals surface area contributed by atoms with Crippen LogP contribution >= 0.6 is 0 Å². The molecule has 0 aliphatic carbocycles. The van der Waals surface area contributed by atoms with Gasteiger partial charge in [-0.25, -0.2) is 0 Å². The van der Waals surface area contributed by atoms with Crippen LogP contribution in [-0.4, -0.2) is 32.5 Å². The first-order valence-corrected chi connectivity index (χ1v) is 5.51. The lowest BCUT2D eigenvalue weighted by atomic mass is 10.3. The van der Waals surface area contributed by atoms with Gasteiger partial charge in [0.15, 0.2) is 0 Å². The molecule has 4 heteroatoms. The number of ether oxygens (including phenoxy) is 3. The van der Waals surface area contributed by atoms with Gasteiger partial charge in [-0.3, -0.25) is 0 Å². The van der Waals surface area contributed by atoms with Crippen molar-refractivity contribution < 1.29 is 14.2 Å². The van der Waals surface area contributed by atoms with Gasteiger partial charge in [0, 0.05) is 13.0 Å². The van der Waals surface area contributed by atoms with Gasteiger partial charge in [-0.2, -0.15) is 5.26 Å². The zero-order chi connectivity index (χ0) is 11.4. The molecule has 0 aliphatic heterocycles. The maximum Gasteiger partial charge on any atom is 0.286 e. The minimum absolute atomic E-state index is 0.0593. The van der Waals surface area contributed by atoms with Crippen LogP contribution in [0.2, 0.25) is 0 Å². The van der Waals surface area contributed by atoms with Crippen molar-refractivity contribution in [2.24, 2.45) is 0 Å². The number of nitrogens with zero attached hydrogens (tertiary/aromatic N) is 1. The molecule has 0 N–H and O–H groups in total.